The number of aryl methyl sites for hydroxylation is 1. The molecule has 0 bridgehead atoms. The second-order valence-electron chi connectivity index (χ2n) is 6.28. The number of nitrogens with zero attached hydrogens (tertiary/aromatic N) is 3. The first kappa shape index (κ1) is 15.3. The highest BCUT2D eigenvalue weighted by Crippen LogP contribution is 2.37. The van der Waals surface area contributed by atoms with E-state index in [4.69, 9.17) is 4.98 Å². The summed E-state index contributed by atoms with van der Waals surface area (Å²) in [5, 5.41) is 4.83. The summed E-state index contributed by atoms with van der Waals surface area (Å²) < 4.78 is 0. The molecule has 0 aromatic carbocycles. The van der Waals surface area contributed by atoms with Crippen LogP contribution in [0.25, 0.3) is 0 Å². The van der Waals surface area contributed by atoms with Gasteiger partial charge in [-0.25, -0.2) is 4.98 Å². The molecular formula is C16H28N4S. The summed E-state index contributed by atoms with van der Waals surface area (Å²) in [5.74, 6) is 0. The quantitative estimate of drug-likeness (QED) is 0.875. The van der Waals surface area contributed by atoms with Crippen molar-refractivity contribution in [2.24, 2.45) is 0 Å². The average Bonchev–Trinajstić information content (AvgIpc) is 3.14. The zero-order valence-corrected chi connectivity index (χ0v) is 14.2. The fourth-order valence-electron chi connectivity index (χ4n) is 3.40. The van der Waals surface area contributed by atoms with Gasteiger partial charge in [-0.05, 0) is 51.7 Å². The van der Waals surface area contributed by atoms with Crippen molar-refractivity contribution in [3.05, 3.63) is 10.6 Å². The predicted molar refractivity (Wildman–Crippen MR) is 90.4 cm³/mol. The lowest BCUT2D eigenvalue weighted by Gasteiger charge is -2.21. The lowest BCUT2D eigenvalue weighted by molar-refractivity contribution is 0.346. The Labute approximate surface area is 132 Å². The second kappa shape index (κ2) is 7.07. The number of anilines is 1. The van der Waals surface area contributed by atoms with E-state index in [0.717, 1.165) is 19.5 Å². The molecule has 118 valence electrons. The largest absolute Gasteiger partial charge is 0.350 e. The number of likely N-dealkylation sites (N-methyl/N-ethyl adjacent to an activating group) is 1. The van der Waals surface area contributed by atoms with Crippen molar-refractivity contribution in [1.82, 2.24) is 15.2 Å². The Bertz CT molecular complexity index is 453. The van der Waals surface area contributed by atoms with Crippen molar-refractivity contribution in [1.29, 1.82) is 0 Å². The number of aromatic nitrogens is 1. The molecule has 1 aliphatic carbocycles. The number of nitrogens with one attached hydrogen (secondary N) is 1. The van der Waals surface area contributed by atoms with Gasteiger partial charge in [-0.15, -0.1) is 0 Å². The molecule has 1 fully saturated rings. The van der Waals surface area contributed by atoms with E-state index in [-0.39, 0.29) is 0 Å². The van der Waals surface area contributed by atoms with Crippen molar-refractivity contribution in [2.45, 2.75) is 45.1 Å². The number of thiazole rings is 1. The topological polar surface area (TPSA) is 31.4 Å². The summed E-state index contributed by atoms with van der Waals surface area (Å²) in [6.45, 7) is 8.07. The highest BCUT2D eigenvalue weighted by molar-refractivity contribution is 7.15. The molecule has 1 atom stereocenters. The molecule has 1 unspecified atom stereocenters. The molecule has 2 aliphatic rings. The van der Waals surface area contributed by atoms with Gasteiger partial charge in [0.05, 0.1) is 5.69 Å². The van der Waals surface area contributed by atoms with Crippen molar-refractivity contribution in [3.63, 3.8) is 0 Å². The molecule has 1 aromatic heterocycles. The van der Waals surface area contributed by atoms with Gasteiger partial charge in [0.1, 0.15) is 0 Å². The average molecular weight is 308 g/mol. The van der Waals surface area contributed by atoms with Crippen LogP contribution in [-0.2, 0) is 6.42 Å². The number of hydrogen-bond donors (Lipinski definition) is 1. The summed E-state index contributed by atoms with van der Waals surface area (Å²) in [6, 6.07) is 0.539. The van der Waals surface area contributed by atoms with E-state index in [0.29, 0.717) is 6.04 Å². The second-order valence-corrected chi connectivity index (χ2v) is 7.29. The zero-order valence-electron chi connectivity index (χ0n) is 13.4. The van der Waals surface area contributed by atoms with Crippen LogP contribution in [0.3, 0.4) is 0 Å². The van der Waals surface area contributed by atoms with Crippen molar-refractivity contribution in [2.75, 3.05) is 44.7 Å². The fourth-order valence-corrected chi connectivity index (χ4v) is 4.61. The summed E-state index contributed by atoms with van der Waals surface area (Å²) >= 11 is 1.91. The maximum Gasteiger partial charge on any atom is 0.185 e. The number of rotatable bonds is 6. The van der Waals surface area contributed by atoms with Crippen LogP contribution in [0.1, 0.15) is 49.2 Å². The first-order chi connectivity index (χ1) is 10.3. The molecule has 4 nitrogen and oxygen atoms in total. The highest BCUT2D eigenvalue weighted by Gasteiger charge is 2.25. The van der Waals surface area contributed by atoms with Gasteiger partial charge in [0.25, 0.3) is 0 Å². The Balaban J connectivity index is 1.62. The number of hydrogen-bond acceptors (Lipinski definition) is 5. The molecule has 0 radical (unpaired) electrons. The number of likely N-dealkylation sites (tertiary alicyclic amines) is 1. The fraction of sp³-hybridized carbons (Fsp3) is 0.812. The van der Waals surface area contributed by atoms with Gasteiger partial charge in [0, 0.05) is 31.1 Å². The van der Waals surface area contributed by atoms with Crippen molar-refractivity contribution >= 4 is 16.5 Å². The predicted octanol–water partition coefficient (Wildman–Crippen LogP) is 2.66. The SMILES string of the molecule is CCNC1CCCc2nc(N(C)CCN3CCCC3)sc21. The van der Waals surface area contributed by atoms with E-state index in [1.165, 1.54) is 61.0 Å². The summed E-state index contributed by atoms with van der Waals surface area (Å²) in [5.41, 5.74) is 1.35. The maximum absolute atomic E-state index is 4.91. The monoisotopic (exact) mass is 308 g/mol. The van der Waals surface area contributed by atoms with Gasteiger partial charge >= 0.3 is 0 Å². The van der Waals surface area contributed by atoms with Crippen LogP contribution >= 0.6 is 11.3 Å². The zero-order chi connectivity index (χ0) is 14.7. The minimum Gasteiger partial charge on any atom is -0.350 e. The van der Waals surface area contributed by atoms with Crippen LogP contribution in [0.2, 0.25) is 0 Å². The summed E-state index contributed by atoms with van der Waals surface area (Å²) in [7, 11) is 2.20. The lowest BCUT2D eigenvalue weighted by atomic mass is 9.98. The van der Waals surface area contributed by atoms with Gasteiger partial charge in [0.15, 0.2) is 5.13 Å². The highest BCUT2D eigenvalue weighted by atomic mass is 32.1. The van der Waals surface area contributed by atoms with E-state index in [1.807, 2.05) is 11.3 Å². The van der Waals surface area contributed by atoms with Crippen LogP contribution in [0.4, 0.5) is 5.13 Å². The third-order valence-electron chi connectivity index (χ3n) is 4.67. The molecule has 21 heavy (non-hydrogen) atoms. The van der Waals surface area contributed by atoms with Crippen LogP contribution in [0.15, 0.2) is 0 Å². The molecular weight excluding hydrogens is 280 g/mol. The van der Waals surface area contributed by atoms with Gasteiger partial charge in [-0.3, -0.25) is 0 Å². The van der Waals surface area contributed by atoms with E-state index in [1.54, 1.807) is 0 Å². The first-order valence-electron chi connectivity index (χ1n) is 8.44. The van der Waals surface area contributed by atoms with E-state index >= 15 is 0 Å². The minimum atomic E-state index is 0.539. The van der Waals surface area contributed by atoms with Gasteiger partial charge < -0.3 is 15.1 Å². The van der Waals surface area contributed by atoms with Crippen molar-refractivity contribution in [3.8, 4) is 0 Å². The van der Waals surface area contributed by atoms with Crippen LogP contribution in [0, 0.1) is 0 Å². The normalized spacial score (nSPS) is 22.5. The van der Waals surface area contributed by atoms with Crippen molar-refractivity contribution < 1.29 is 0 Å². The first-order valence-corrected chi connectivity index (χ1v) is 9.26. The Morgan fingerprint density at radius 1 is 1.33 bits per heavy atom. The minimum absolute atomic E-state index is 0.539. The standard InChI is InChI=1S/C16H28N4S/c1-3-17-13-7-6-8-14-15(13)21-16(18-14)19(2)11-12-20-9-4-5-10-20/h13,17H,3-12H2,1-2H3. The van der Waals surface area contributed by atoms with Crippen LogP contribution < -0.4 is 10.2 Å². The maximum atomic E-state index is 4.91. The van der Waals surface area contributed by atoms with E-state index in [2.05, 4.69) is 29.1 Å². The molecule has 0 saturated carbocycles. The lowest BCUT2D eigenvalue weighted by Crippen LogP contribution is -2.31. The molecule has 3 rings (SSSR count). The van der Waals surface area contributed by atoms with E-state index in [9.17, 15) is 0 Å². The molecule has 1 N–H and O–H groups in total. The molecule has 1 aromatic rings. The summed E-state index contributed by atoms with van der Waals surface area (Å²) in [4.78, 5) is 11.3. The van der Waals surface area contributed by atoms with Gasteiger partial charge in [-0.2, -0.15) is 0 Å². The molecule has 0 spiro atoms. The molecule has 2 heterocycles. The molecule has 1 saturated heterocycles. The molecule has 1 aliphatic heterocycles. The smallest absolute Gasteiger partial charge is 0.185 e. The molecule has 0 amide bonds. The number of fused-ring (bicyclic) bond motifs is 1. The third kappa shape index (κ3) is 3.58. The van der Waals surface area contributed by atoms with Crippen LogP contribution in [-0.4, -0.2) is 49.7 Å². The van der Waals surface area contributed by atoms with Gasteiger partial charge in [-0.1, -0.05) is 18.3 Å². The Hall–Kier alpha value is -0.650. The Kier molecular flexibility index (Phi) is 5.14. The molecule has 5 heteroatoms. The Morgan fingerprint density at radius 3 is 2.90 bits per heavy atom. The third-order valence-corrected chi connectivity index (χ3v) is 5.99. The van der Waals surface area contributed by atoms with E-state index < -0.39 is 0 Å². The van der Waals surface area contributed by atoms with Gasteiger partial charge in [0.2, 0.25) is 0 Å². The Morgan fingerprint density at radius 2 is 2.14 bits per heavy atom. The summed E-state index contributed by atoms with van der Waals surface area (Å²) in [6.07, 6.45) is 6.44. The van der Waals surface area contributed by atoms with Crippen LogP contribution in [0.5, 0.6) is 0 Å².